The first-order chi connectivity index (χ1) is 9.83. The van der Waals surface area contributed by atoms with Gasteiger partial charge in [-0.3, -0.25) is 4.72 Å². The molecule has 0 atom stereocenters. The van der Waals surface area contributed by atoms with Gasteiger partial charge in [0.2, 0.25) is 0 Å². The van der Waals surface area contributed by atoms with Gasteiger partial charge in [0.15, 0.2) is 0 Å². The number of sulfonamides is 1. The lowest BCUT2D eigenvalue weighted by Gasteiger charge is -2.13. The Hall–Kier alpha value is -2.04. The molecule has 0 aliphatic heterocycles. The van der Waals surface area contributed by atoms with Crippen LogP contribution in [0.5, 0.6) is 0 Å². The van der Waals surface area contributed by atoms with Crippen molar-refractivity contribution in [2.75, 3.05) is 10.5 Å². The van der Waals surface area contributed by atoms with Crippen LogP contribution in [-0.4, -0.2) is 8.42 Å². The van der Waals surface area contributed by atoms with E-state index in [4.69, 9.17) is 11.0 Å². The zero-order valence-electron chi connectivity index (χ0n) is 11.1. The molecule has 21 heavy (non-hydrogen) atoms. The smallest absolute Gasteiger partial charge is 0.261 e. The van der Waals surface area contributed by atoms with Crippen molar-refractivity contribution in [3.05, 3.63) is 52.0 Å². The molecule has 0 fully saturated rings. The molecule has 0 bridgehead atoms. The van der Waals surface area contributed by atoms with Crippen molar-refractivity contribution in [3.63, 3.8) is 0 Å². The Bertz CT molecular complexity index is 801. The van der Waals surface area contributed by atoms with Gasteiger partial charge in [0.1, 0.15) is 0 Å². The second-order valence-electron chi connectivity index (χ2n) is 4.43. The summed E-state index contributed by atoms with van der Waals surface area (Å²) in [7, 11) is -3.75. The second-order valence-corrected chi connectivity index (χ2v) is 7.03. The molecule has 3 N–H and O–H groups in total. The van der Waals surface area contributed by atoms with Crippen molar-refractivity contribution >= 4 is 37.3 Å². The van der Waals surface area contributed by atoms with Crippen molar-refractivity contribution in [2.24, 2.45) is 0 Å². The standard InChI is InChI=1S/C14H12BrN3O2S/c1-9-6-11(15)7-13(17)14(9)18-21(19,20)12-4-2-10(8-16)3-5-12/h2-7,18H,17H2,1H3. The molecule has 108 valence electrons. The number of nitrogens with two attached hydrogens (primary N) is 1. The summed E-state index contributed by atoms with van der Waals surface area (Å²) in [6.45, 7) is 1.76. The van der Waals surface area contributed by atoms with Crippen LogP contribution in [0.15, 0.2) is 45.8 Å². The molecule has 2 aromatic rings. The Balaban J connectivity index is 2.40. The molecule has 2 rings (SSSR count). The van der Waals surface area contributed by atoms with Crippen LogP contribution in [0.4, 0.5) is 11.4 Å². The molecule has 7 heteroatoms. The van der Waals surface area contributed by atoms with Gasteiger partial charge < -0.3 is 5.73 Å². The minimum Gasteiger partial charge on any atom is -0.397 e. The third-order valence-corrected chi connectivity index (χ3v) is 4.68. The summed E-state index contributed by atoms with van der Waals surface area (Å²) in [5.74, 6) is 0. The zero-order chi connectivity index (χ0) is 15.6. The van der Waals surface area contributed by atoms with E-state index < -0.39 is 10.0 Å². The molecule has 0 radical (unpaired) electrons. The summed E-state index contributed by atoms with van der Waals surface area (Å²) >= 11 is 3.30. The van der Waals surface area contributed by atoms with E-state index in [9.17, 15) is 8.42 Å². The number of anilines is 2. The number of nitrogens with one attached hydrogen (secondary N) is 1. The van der Waals surface area contributed by atoms with Crippen LogP contribution >= 0.6 is 15.9 Å². The van der Waals surface area contributed by atoms with E-state index in [2.05, 4.69) is 20.7 Å². The van der Waals surface area contributed by atoms with Crippen molar-refractivity contribution in [1.29, 1.82) is 5.26 Å². The fraction of sp³-hybridized carbons (Fsp3) is 0.0714. The van der Waals surface area contributed by atoms with Gasteiger partial charge in [-0.2, -0.15) is 5.26 Å². The molecule has 0 unspecified atom stereocenters. The Morgan fingerprint density at radius 2 is 1.86 bits per heavy atom. The van der Waals surface area contributed by atoms with Crippen LogP contribution in [0, 0.1) is 18.3 Å². The maximum Gasteiger partial charge on any atom is 0.261 e. The zero-order valence-corrected chi connectivity index (χ0v) is 13.5. The number of nitrogen functional groups attached to an aromatic ring is 1. The summed E-state index contributed by atoms with van der Waals surface area (Å²) in [5, 5.41) is 8.73. The fourth-order valence-corrected chi connectivity index (χ4v) is 3.56. The van der Waals surface area contributed by atoms with Gasteiger partial charge in [0.25, 0.3) is 10.0 Å². The number of aryl methyl sites for hydroxylation is 1. The van der Waals surface area contributed by atoms with E-state index in [0.29, 0.717) is 22.5 Å². The summed E-state index contributed by atoms with van der Waals surface area (Å²) in [6, 6.07) is 11.0. The average molecular weight is 366 g/mol. The minimum atomic E-state index is -3.75. The molecule has 0 spiro atoms. The molecule has 0 aromatic heterocycles. The fourth-order valence-electron chi connectivity index (χ4n) is 1.81. The maximum absolute atomic E-state index is 12.3. The van der Waals surface area contributed by atoms with Crippen molar-refractivity contribution in [2.45, 2.75) is 11.8 Å². The first-order valence-corrected chi connectivity index (χ1v) is 8.20. The maximum atomic E-state index is 12.3. The van der Waals surface area contributed by atoms with Crippen LogP contribution in [0.3, 0.4) is 0 Å². The predicted octanol–water partition coefficient (Wildman–Crippen LogP) is 3.01. The molecule has 0 amide bonds. The van der Waals surface area contributed by atoms with Crippen LogP contribution in [0.25, 0.3) is 0 Å². The van der Waals surface area contributed by atoms with E-state index in [1.54, 1.807) is 19.1 Å². The Morgan fingerprint density at radius 1 is 1.24 bits per heavy atom. The number of halogens is 1. The number of nitriles is 1. The Kier molecular flexibility index (Phi) is 4.21. The Labute approximate surface area is 131 Å². The van der Waals surface area contributed by atoms with Crippen molar-refractivity contribution in [3.8, 4) is 6.07 Å². The highest BCUT2D eigenvalue weighted by molar-refractivity contribution is 9.10. The van der Waals surface area contributed by atoms with E-state index in [1.165, 1.54) is 24.3 Å². The van der Waals surface area contributed by atoms with E-state index in [-0.39, 0.29) is 4.90 Å². The third kappa shape index (κ3) is 3.35. The number of rotatable bonds is 3. The summed E-state index contributed by atoms with van der Waals surface area (Å²) in [4.78, 5) is 0.0724. The lowest BCUT2D eigenvalue weighted by molar-refractivity contribution is 0.601. The second kappa shape index (κ2) is 5.76. The molecule has 0 aliphatic carbocycles. The number of nitrogens with zero attached hydrogens (tertiary/aromatic N) is 1. The topological polar surface area (TPSA) is 96.0 Å². The highest BCUT2D eigenvalue weighted by Crippen LogP contribution is 2.29. The highest BCUT2D eigenvalue weighted by Gasteiger charge is 2.17. The molecule has 0 heterocycles. The molecular formula is C14H12BrN3O2S. The van der Waals surface area contributed by atoms with Crippen molar-refractivity contribution in [1.82, 2.24) is 0 Å². The lowest BCUT2D eigenvalue weighted by atomic mass is 10.2. The third-order valence-electron chi connectivity index (χ3n) is 2.86. The van der Waals surface area contributed by atoms with Gasteiger partial charge in [0, 0.05) is 4.47 Å². The Morgan fingerprint density at radius 3 is 2.38 bits per heavy atom. The number of benzene rings is 2. The normalized spacial score (nSPS) is 10.9. The summed E-state index contributed by atoms with van der Waals surface area (Å²) < 4.78 is 27.9. The van der Waals surface area contributed by atoms with E-state index >= 15 is 0 Å². The molecule has 0 saturated heterocycles. The van der Waals surface area contributed by atoms with Gasteiger partial charge in [-0.1, -0.05) is 15.9 Å². The molecule has 0 saturated carbocycles. The molecular weight excluding hydrogens is 354 g/mol. The van der Waals surface area contributed by atoms with Gasteiger partial charge in [-0.15, -0.1) is 0 Å². The number of hydrogen-bond donors (Lipinski definition) is 2. The largest absolute Gasteiger partial charge is 0.397 e. The van der Waals surface area contributed by atoms with E-state index in [0.717, 1.165) is 4.47 Å². The first-order valence-electron chi connectivity index (χ1n) is 5.92. The van der Waals surface area contributed by atoms with Crippen LogP contribution in [0.1, 0.15) is 11.1 Å². The SMILES string of the molecule is Cc1cc(Br)cc(N)c1NS(=O)(=O)c1ccc(C#N)cc1. The lowest BCUT2D eigenvalue weighted by Crippen LogP contribution is -2.15. The van der Waals surface area contributed by atoms with Gasteiger partial charge in [-0.25, -0.2) is 8.42 Å². The molecule has 5 nitrogen and oxygen atoms in total. The van der Waals surface area contributed by atoms with Crippen LogP contribution in [-0.2, 0) is 10.0 Å². The van der Waals surface area contributed by atoms with Crippen molar-refractivity contribution < 1.29 is 8.42 Å². The summed E-state index contributed by atoms with van der Waals surface area (Å²) in [6.07, 6.45) is 0. The molecule has 2 aromatic carbocycles. The molecule has 0 aliphatic rings. The van der Waals surface area contributed by atoms with Gasteiger partial charge >= 0.3 is 0 Å². The van der Waals surface area contributed by atoms with Crippen LogP contribution in [0.2, 0.25) is 0 Å². The van der Waals surface area contributed by atoms with Gasteiger partial charge in [0.05, 0.1) is 27.9 Å². The monoisotopic (exact) mass is 365 g/mol. The predicted molar refractivity (Wildman–Crippen MR) is 85.3 cm³/mol. The minimum absolute atomic E-state index is 0.0724. The highest BCUT2D eigenvalue weighted by atomic mass is 79.9. The average Bonchev–Trinajstić information content (AvgIpc) is 2.43. The van der Waals surface area contributed by atoms with E-state index in [1.807, 2.05) is 6.07 Å². The first kappa shape index (κ1) is 15.4. The van der Waals surface area contributed by atoms with Gasteiger partial charge in [-0.05, 0) is 48.9 Å². The number of hydrogen-bond acceptors (Lipinski definition) is 4. The quantitative estimate of drug-likeness (QED) is 0.817. The van der Waals surface area contributed by atoms with Crippen LogP contribution < -0.4 is 10.5 Å². The summed E-state index contributed by atoms with van der Waals surface area (Å²) in [5.41, 5.74) is 7.64.